The lowest BCUT2D eigenvalue weighted by Gasteiger charge is -2.42. The molecule has 1 saturated heterocycles. The number of carbonyl (C=O) groups excluding carboxylic acids is 2. The predicted molar refractivity (Wildman–Crippen MR) is 131 cm³/mol. The molecule has 3 aliphatic heterocycles. The monoisotopic (exact) mass is 462 g/mol. The Morgan fingerprint density at radius 2 is 1.91 bits per heavy atom. The maximum atomic E-state index is 13.3. The number of carbonyl (C=O) groups is 2. The van der Waals surface area contributed by atoms with E-state index in [0.717, 1.165) is 50.3 Å². The van der Waals surface area contributed by atoms with E-state index in [9.17, 15) is 14.4 Å². The van der Waals surface area contributed by atoms with Crippen molar-refractivity contribution in [1.82, 2.24) is 19.7 Å². The van der Waals surface area contributed by atoms with E-state index in [4.69, 9.17) is 0 Å². The zero-order valence-corrected chi connectivity index (χ0v) is 20.1. The van der Waals surface area contributed by atoms with E-state index in [-0.39, 0.29) is 23.3 Å². The number of nitrogens with zero attached hydrogens (tertiary/aromatic N) is 3. The largest absolute Gasteiger partial charge is 0.353 e. The first-order valence-corrected chi connectivity index (χ1v) is 12.5. The van der Waals surface area contributed by atoms with E-state index in [1.807, 2.05) is 41.8 Å². The zero-order valence-electron chi connectivity index (χ0n) is 20.1. The van der Waals surface area contributed by atoms with Crippen molar-refractivity contribution in [2.24, 2.45) is 11.8 Å². The first-order valence-electron chi connectivity index (χ1n) is 12.5. The second kappa shape index (κ2) is 9.37. The van der Waals surface area contributed by atoms with Gasteiger partial charge in [-0.2, -0.15) is 0 Å². The fourth-order valence-electron chi connectivity index (χ4n) is 6.05. The van der Waals surface area contributed by atoms with Crippen LogP contribution in [0, 0.1) is 11.8 Å². The summed E-state index contributed by atoms with van der Waals surface area (Å²) in [6, 6.07) is 12.8. The van der Waals surface area contributed by atoms with Crippen molar-refractivity contribution in [1.29, 1.82) is 0 Å². The zero-order chi connectivity index (χ0) is 23.8. The molecule has 180 valence electrons. The van der Waals surface area contributed by atoms with Crippen LogP contribution in [0.2, 0.25) is 0 Å². The molecular formula is C27H34N4O3. The van der Waals surface area contributed by atoms with Crippen LogP contribution in [0.1, 0.15) is 54.2 Å². The lowest BCUT2D eigenvalue weighted by molar-refractivity contribution is -0.127. The van der Waals surface area contributed by atoms with Crippen LogP contribution in [0.5, 0.6) is 0 Å². The molecule has 2 bridgehead atoms. The maximum Gasteiger partial charge on any atom is 0.255 e. The van der Waals surface area contributed by atoms with Gasteiger partial charge in [0.05, 0.1) is 0 Å². The summed E-state index contributed by atoms with van der Waals surface area (Å²) in [7, 11) is 0. The van der Waals surface area contributed by atoms with Crippen LogP contribution in [-0.4, -0.2) is 58.4 Å². The molecular weight excluding hydrogens is 428 g/mol. The highest BCUT2D eigenvalue weighted by Gasteiger charge is 2.39. The summed E-state index contributed by atoms with van der Waals surface area (Å²) in [6.45, 7) is 8.57. The molecule has 2 aromatic rings. The number of hydrogen-bond donors (Lipinski definition) is 1. The molecule has 0 unspecified atom stereocenters. The molecule has 0 radical (unpaired) electrons. The Morgan fingerprint density at radius 1 is 1.09 bits per heavy atom. The Hall–Kier alpha value is -2.93. The highest BCUT2D eigenvalue weighted by atomic mass is 16.2. The maximum absolute atomic E-state index is 13.3. The number of benzene rings is 1. The summed E-state index contributed by atoms with van der Waals surface area (Å²) < 4.78 is 1.94. The number of pyridine rings is 1. The minimum Gasteiger partial charge on any atom is -0.353 e. The van der Waals surface area contributed by atoms with Crippen molar-refractivity contribution in [3.05, 3.63) is 69.6 Å². The molecule has 3 aliphatic rings. The van der Waals surface area contributed by atoms with Gasteiger partial charge < -0.3 is 19.7 Å². The van der Waals surface area contributed by atoms with Gasteiger partial charge >= 0.3 is 0 Å². The molecule has 1 N–H and O–H groups in total. The minimum atomic E-state index is -0.468. The number of aromatic nitrogens is 1. The van der Waals surface area contributed by atoms with Gasteiger partial charge in [0.1, 0.15) is 6.04 Å². The topological polar surface area (TPSA) is 74.7 Å². The summed E-state index contributed by atoms with van der Waals surface area (Å²) >= 11 is 0. The molecule has 5 rings (SSSR count). The van der Waals surface area contributed by atoms with Gasteiger partial charge in [0.15, 0.2) is 0 Å². The number of nitrogens with one attached hydrogen (secondary N) is 1. The minimum absolute atomic E-state index is 0.0474. The summed E-state index contributed by atoms with van der Waals surface area (Å²) in [5.74, 6) is 0.794. The molecule has 2 amide bonds. The van der Waals surface area contributed by atoms with Crippen LogP contribution in [-0.2, 0) is 17.9 Å². The second-order valence-corrected chi connectivity index (χ2v) is 10.2. The normalized spacial score (nSPS) is 23.2. The van der Waals surface area contributed by atoms with Crippen LogP contribution < -0.4 is 10.9 Å². The van der Waals surface area contributed by atoms with Gasteiger partial charge in [-0.25, -0.2) is 0 Å². The highest BCUT2D eigenvalue weighted by molar-refractivity contribution is 6.01. The van der Waals surface area contributed by atoms with Crippen molar-refractivity contribution in [2.45, 2.75) is 51.7 Å². The van der Waals surface area contributed by atoms with E-state index >= 15 is 0 Å². The third-order valence-corrected chi connectivity index (χ3v) is 7.92. The van der Waals surface area contributed by atoms with Gasteiger partial charge in [0, 0.05) is 62.5 Å². The number of hydrogen-bond acceptors (Lipinski definition) is 4. The van der Waals surface area contributed by atoms with E-state index in [0.29, 0.717) is 30.5 Å². The summed E-state index contributed by atoms with van der Waals surface area (Å²) in [5, 5.41) is 3.13. The Labute approximate surface area is 200 Å². The Kier molecular flexibility index (Phi) is 6.30. The van der Waals surface area contributed by atoms with Gasteiger partial charge in [0.25, 0.3) is 11.5 Å². The van der Waals surface area contributed by atoms with Crippen LogP contribution in [0.4, 0.5) is 0 Å². The molecule has 0 saturated carbocycles. The van der Waals surface area contributed by atoms with E-state index in [2.05, 4.69) is 23.2 Å². The molecule has 7 nitrogen and oxygen atoms in total. The molecule has 1 fully saturated rings. The summed E-state index contributed by atoms with van der Waals surface area (Å²) in [6.07, 6.45) is 1.95. The van der Waals surface area contributed by atoms with Gasteiger partial charge in [-0.05, 0) is 36.0 Å². The van der Waals surface area contributed by atoms with E-state index in [1.54, 1.807) is 11.0 Å². The van der Waals surface area contributed by atoms with Gasteiger partial charge in [0.2, 0.25) is 5.91 Å². The first-order chi connectivity index (χ1) is 16.5. The molecule has 0 spiro atoms. The number of fused-ring (bicyclic) bond motifs is 5. The third-order valence-electron chi connectivity index (χ3n) is 7.92. The van der Waals surface area contributed by atoms with Crippen molar-refractivity contribution in [3.63, 3.8) is 0 Å². The van der Waals surface area contributed by atoms with Crippen LogP contribution in [0.15, 0.2) is 47.3 Å². The smallest absolute Gasteiger partial charge is 0.255 e. The fraction of sp³-hybridized carbons (Fsp3) is 0.519. The van der Waals surface area contributed by atoms with Crippen LogP contribution >= 0.6 is 0 Å². The van der Waals surface area contributed by atoms with Crippen molar-refractivity contribution >= 4 is 11.8 Å². The number of rotatable bonds is 7. The number of likely N-dealkylation sites (tertiary alicyclic amines) is 1. The summed E-state index contributed by atoms with van der Waals surface area (Å²) in [5.41, 5.74) is 2.94. The lowest BCUT2D eigenvalue weighted by Crippen LogP contribution is -2.52. The van der Waals surface area contributed by atoms with Crippen molar-refractivity contribution in [2.75, 3.05) is 26.2 Å². The quantitative estimate of drug-likeness (QED) is 0.686. The Bertz CT molecular complexity index is 1140. The average molecular weight is 463 g/mol. The SMILES string of the molecule is CC[C@H](C)[C@@H](C(=O)NCCN1C[C@H]2C[C@@H](C1)c1cccc(=O)n1C2)N1Cc2ccccc2C1=O. The average Bonchev–Trinajstić information content (AvgIpc) is 3.16. The number of piperidine rings is 1. The molecule has 34 heavy (non-hydrogen) atoms. The predicted octanol–water partition coefficient (Wildman–Crippen LogP) is 2.45. The fourth-order valence-corrected chi connectivity index (χ4v) is 6.05. The van der Waals surface area contributed by atoms with Gasteiger partial charge in [-0.3, -0.25) is 14.4 Å². The molecule has 4 heterocycles. The Balaban J connectivity index is 1.21. The van der Waals surface area contributed by atoms with E-state index in [1.165, 1.54) is 0 Å². The Morgan fingerprint density at radius 3 is 2.71 bits per heavy atom. The lowest BCUT2D eigenvalue weighted by atomic mass is 9.83. The van der Waals surface area contributed by atoms with Crippen LogP contribution in [0.3, 0.4) is 0 Å². The molecule has 7 heteroatoms. The van der Waals surface area contributed by atoms with Gasteiger partial charge in [-0.1, -0.05) is 44.5 Å². The molecule has 1 aromatic carbocycles. The molecule has 4 atom stereocenters. The molecule has 0 aliphatic carbocycles. The first kappa shape index (κ1) is 22.8. The third kappa shape index (κ3) is 4.17. The standard InChI is InChI=1S/C27H34N4O3/c1-3-18(2)25(31-17-20-7-4-5-8-22(20)27(31)34)26(33)28-11-12-29-14-19-13-21(16-29)23-9-6-10-24(32)30(23)15-19/h4-10,18-19,21,25H,3,11-17H2,1-2H3,(H,28,33)/t18-,19+,21-,25-/m0/s1. The number of amides is 2. The van der Waals surface area contributed by atoms with Crippen molar-refractivity contribution in [3.8, 4) is 0 Å². The van der Waals surface area contributed by atoms with E-state index < -0.39 is 6.04 Å². The second-order valence-electron chi connectivity index (χ2n) is 10.2. The van der Waals surface area contributed by atoms with Gasteiger partial charge in [-0.15, -0.1) is 0 Å². The van der Waals surface area contributed by atoms with Crippen molar-refractivity contribution < 1.29 is 9.59 Å². The van der Waals surface area contributed by atoms with Crippen LogP contribution in [0.25, 0.3) is 0 Å². The molecule has 1 aromatic heterocycles. The highest BCUT2D eigenvalue weighted by Crippen LogP contribution is 2.34. The summed E-state index contributed by atoms with van der Waals surface area (Å²) in [4.78, 5) is 42.7.